The summed E-state index contributed by atoms with van der Waals surface area (Å²) < 4.78 is 1.02. The Kier molecular flexibility index (Phi) is 4.72. The van der Waals surface area contributed by atoms with Gasteiger partial charge in [-0.1, -0.05) is 39.7 Å². The predicted molar refractivity (Wildman–Crippen MR) is 87.2 cm³/mol. The zero-order chi connectivity index (χ0) is 13.8. The molecule has 0 radical (unpaired) electrons. The number of anilines is 2. The highest BCUT2D eigenvalue weighted by Gasteiger charge is 2.01. The van der Waals surface area contributed by atoms with Gasteiger partial charge in [-0.15, -0.1) is 0 Å². The summed E-state index contributed by atoms with van der Waals surface area (Å²) in [5.74, 6) is 0. The van der Waals surface area contributed by atoms with E-state index in [1.807, 2.05) is 32.3 Å². The summed E-state index contributed by atoms with van der Waals surface area (Å²) >= 11 is 9.58. The largest absolute Gasteiger partial charge is 0.380 e. The molecule has 0 heterocycles. The van der Waals surface area contributed by atoms with Crippen molar-refractivity contribution in [2.24, 2.45) is 0 Å². The van der Waals surface area contributed by atoms with Gasteiger partial charge in [0.1, 0.15) is 0 Å². The molecule has 0 spiro atoms. The predicted octanol–water partition coefficient (Wildman–Crippen LogP) is 4.78. The average molecular weight is 340 g/mol. The zero-order valence-electron chi connectivity index (χ0n) is 11.0. The molecule has 0 aliphatic carbocycles. The van der Waals surface area contributed by atoms with Gasteiger partial charge in [0, 0.05) is 30.8 Å². The lowest BCUT2D eigenvalue weighted by Gasteiger charge is -2.13. The summed E-state index contributed by atoms with van der Waals surface area (Å²) in [6.45, 7) is 0.754. The smallest absolute Gasteiger partial charge is 0.0638 e. The molecule has 19 heavy (non-hydrogen) atoms. The van der Waals surface area contributed by atoms with Gasteiger partial charge < -0.3 is 10.2 Å². The third kappa shape index (κ3) is 3.88. The van der Waals surface area contributed by atoms with Gasteiger partial charge in [0.05, 0.1) is 10.7 Å². The van der Waals surface area contributed by atoms with Crippen molar-refractivity contribution >= 4 is 38.9 Å². The van der Waals surface area contributed by atoms with E-state index in [9.17, 15) is 0 Å². The van der Waals surface area contributed by atoms with Crippen LogP contribution in [0.4, 0.5) is 11.4 Å². The highest BCUT2D eigenvalue weighted by molar-refractivity contribution is 9.10. The number of hydrogen-bond donors (Lipinski definition) is 1. The van der Waals surface area contributed by atoms with Crippen LogP contribution in [0, 0.1) is 0 Å². The molecule has 2 nitrogen and oxygen atoms in total. The molecule has 0 saturated carbocycles. The number of nitrogens with zero attached hydrogens (tertiary/aromatic N) is 1. The van der Waals surface area contributed by atoms with Gasteiger partial charge >= 0.3 is 0 Å². The van der Waals surface area contributed by atoms with E-state index >= 15 is 0 Å². The molecular weight excluding hydrogens is 324 g/mol. The Morgan fingerprint density at radius 2 is 1.79 bits per heavy atom. The first kappa shape index (κ1) is 14.2. The Labute approximate surface area is 127 Å². The van der Waals surface area contributed by atoms with E-state index in [0.717, 1.165) is 21.7 Å². The molecule has 100 valence electrons. The first-order chi connectivity index (χ1) is 9.06. The molecular formula is C15H16BrClN2. The molecule has 0 fully saturated rings. The van der Waals surface area contributed by atoms with Gasteiger partial charge in [0.25, 0.3) is 0 Å². The van der Waals surface area contributed by atoms with Crippen molar-refractivity contribution in [3.8, 4) is 0 Å². The van der Waals surface area contributed by atoms with Crippen LogP contribution in [0.1, 0.15) is 5.56 Å². The molecule has 2 aromatic rings. The monoisotopic (exact) mass is 338 g/mol. The van der Waals surface area contributed by atoms with Gasteiger partial charge in [-0.25, -0.2) is 0 Å². The fourth-order valence-electron chi connectivity index (χ4n) is 1.74. The third-order valence-corrected chi connectivity index (χ3v) is 3.69. The normalized spacial score (nSPS) is 10.3. The molecule has 4 heteroatoms. The van der Waals surface area contributed by atoms with Crippen molar-refractivity contribution in [2.75, 3.05) is 24.3 Å². The highest BCUT2D eigenvalue weighted by Crippen LogP contribution is 2.26. The van der Waals surface area contributed by atoms with Crippen LogP contribution in [0.25, 0.3) is 0 Å². The van der Waals surface area contributed by atoms with Crippen LogP contribution in [0.3, 0.4) is 0 Å². The van der Waals surface area contributed by atoms with Crippen LogP contribution < -0.4 is 10.2 Å². The molecule has 1 N–H and O–H groups in total. The Hall–Kier alpha value is -1.19. The summed E-state index contributed by atoms with van der Waals surface area (Å²) in [6.07, 6.45) is 0. The Morgan fingerprint density at radius 1 is 1.11 bits per heavy atom. The van der Waals surface area contributed by atoms with E-state index in [0.29, 0.717) is 0 Å². The number of rotatable bonds is 4. The second kappa shape index (κ2) is 6.31. The van der Waals surface area contributed by atoms with Gasteiger partial charge in [-0.3, -0.25) is 0 Å². The summed E-state index contributed by atoms with van der Waals surface area (Å²) in [7, 11) is 4.07. The van der Waals surface area contributed by atoms with E-state index in [2.05, 4.69) is 50.4 Å². The first-order valence-corrected chi connectivity index (χ1v) is 7.18. The van der Waals surface area contributed by atoms with Crippen LogP contribution >= 0.6 is 27.5 Å². The quantitative estimate of drug-likeness (QED) is 0.862. The fraction of sp³-hybridized carbons (Fsp3) is 0.200. The maximum absolute atomic E-state index is 6.14. The second-order valence-corrected chi connectivity index (χ2v) is 5.86. The lowest BCUT2D eigenvalue weighted by atomic mass is 10.2. The average Bonchev–Trinajstić information content (AvgIpc) is 2.40. The van der Waals surface area contributed by atoms with Crippen LogP contribution in [0.5, 0.6) is 0 Å². The minimum Gasteiger partial charge on any atom is -0.380 e. The van der Waals surface area contributed by atoms with Gasteiger partial charge in [-0.2, -0.15) is 0 Å². The fourth-order valence-corrected chi connectivity index (χ4v) is 2.29. The number of benzene rings is 2. The van der Waals surface area contributed by atoms with Crippen LogP contribution in [0.15, 0.2) is 46.9 Å². The standard InChI is InChI=1S/C15H16BrClN2/c1-19(2)13-6-3-11(4-7-13)10-18-15-9-12(16)5-8-14(15)17/h3-9,18H,10H2,1-2H3. The van der Waals surface area contributed by atoms with Crippen molar-refractivity contribution in [1.29, 1.82) is 0 Å². The lowest BCUT2D eigenvalue weighted by molar-refractivity contribution is 1.11. The van der Waals surface area contributed by atoms with Gasteiger partial charge in [0.15, 0.2) is 0 Å². The third-order valence-electron chi connectivity index (χ3n) is 2.86. The molecule has 0 unspecified atom stereocenters. The van der Waals surface area contributed by atoms with E-state index in [-0.39, 0.29) is 0 Å². The summed E-state index contributed by atoms with van der Waals surface area (Å²) in [6, 6.07) is 14.3. The Balaban J connectivity index is 2.04. The second-order valence-electron chi connectivity index (χ2n) is 4.54. The van der Waals surface area contributed by atoms with E-state index in [1.165, 1.54) is 11.3 Å². The van der Waals surface area contributed by atoms with Crippen LogP contribution in [-0.2, 0) is 6.54 Å². The molecule has 0 bridgehead atoms. The first-order valence-electron chi connectivity index (χ1n) is 6.01. The summed E-state index contributed by atoms with van der Waals surface area (Å²) in [5.41, 5.74) is 3.36. The minimum atomic E-state index is 0.730. The number of hydrogen-bond acceptors (Lipinski definition) is 2. The molecule has 0 aliphatic heterocycles. The molecule has 2 aromatic carbocycles. The summed E-state index contributed by atoms with van der Waals surface area (Å²) in [4.78, 5) is 2.09. The maximum Gasteiger partial charge on any atom is 0.0638 e. The van der Waals surface area contributed by atoms with Crippen molar-refractivity contribution in [1.82, 2.24) is 0 Å². The van der Waals surface area contributed by atoms with Crippen molar-refractivity contribution < 1.29 is 0 Å². The Morgan fingerprint density at radius 3 is 2.42 bits per heavy atom. The molecule has 0 aliphatic rings. The van der Waals surface area contributed by atoms with Crippen molar-refractivity contribution in [3.63, 3.8) is 0 Å². The van der Waals surface area contributed by atoms with E-state index < -0.39 is 0 Å². The molecule has 2 rings (SSSR count). The summed E-state index contributed by atoms with van der Waals surface area (Å²) in [5, 5.41) is 4.07. The van der Waals surface area contributed by atoms with Crippen LogP contribution in [0.2, 0.25) is 5.02 Å². The molecule has 0 aromatic heterocycles. The highest BCUT2D eigenvalue weighted by atomic mass is 79.9. The topological polar surface area (TPSA) is 15.3 Å². The Bertz CT molecular complexity index is 553. The van der Waals surface area contributed by atoms with Gasteiger partial charge in [0.2, 0.25) is 0 Å². The molecule has 0 saturated heterocycles. The van der Waals surface area contributed by atoms with E-state index in [1.54, 1.807) is 0 Å². The number of nitrogens with one attached hydrogen (secondary N) is 1. The SMILES string of the molecule is CN(C)c1ccc(CNc2cc(Br)ccc2Cl)cc1. The lowest BCUT2D eigenvalue weighted by Crippen LogP contribution is -2.08. The van der Waals surface area contributed by atoms with E-state index in [4.69, 9.17) is 11.6 Å². The molecule has 0 amide bonds. The van der Waals surface area contributed by atoms with Crippen LogP contribution in [-0.4, -0.2) is 14.1 Å². The molecule has 0 atom stereocenters. The maximum atomic E-state index is 6.14. The van der Waals surface area contributed by atoms with Gasteiger partial charge in [-0.05, 0) is 35.9 Å². The minimum absolute atomic E-state index is 0.730. The number of halogens is 2. The van der Waals surface area contributed by atoms with Crippen molar-refractivity contribution in [2.45, 2.75) is 6.54 Å². The van der Waals surface area contributed by atoms with Crippen molar-refractivity contribution in [3.05, 3.63) is 57.5 Å². The zero-order valence-corrected chi connectivity index (χ0v) is 13.3.